The first-order valence-corrected chi connectivity index (χ1v) is 10.2. The summed E-state index contributed by atoms with van der Waals surface area (Å²) in [4.78, 5) is 13.3. The highest BCUT2D eigenvalue weighted by molar-refractivity contribution is 7.87. The Morgan fingerprint density at radius 1 is 1.20 bits per heavy atom. The molecular weight excluding hydrogens is 342 g/mol. The predicted octanol–water partition coefficient (Wildman–Crippen LogP) is 1.75. The van der Waals surface area contributed by atoms with E-state index in [0.717, 1.165) is 18.4 Å². The molecule has 138 valence electrons. The zero-order valence-electron chi connectivity index (χ0n) is 14.4. The summed E-state index contributed by atoms with van der Waals surface area (Å²) in [5.41, 5.74) is 0.999. The largest absolute Gasteiger partial charge is 0.450 e. The first-order valence-electron chi connectivity index (χ1n) is 8.75. The molecule has 0 aromatic heterocycles. The molecule has 8 heteroatoms. The maximum Gasteiger partial charge on any atom is 0.409 e. The van der Waals surface area contributed by atoms with E-state index in [1.807, 2.05) is 30.3 Å². The van der Waals surface area contributed by atoms with Crippen molar-refractivity contribution in [3.63, 3.8) is 0 Å². The van der Waals surface area contributed by atoms with Crippen LogP contribution in [0.15, 0.2) is 30.3 Å². The van der Waals surface area contributed by atoms with Gasteiger partial charge in [0, 0.05) is 26.2 Å². The number of carbonyl (C=O) groups excluding carboxylic acids is 1. The molecule has 1 saturated heterocycles. The molecule has 25 heavy (non-hydrogen) atoms. The summed E-state index contributed by atoms with van der Waals surface area (Å²) in [6.45, 7) is 3.32. The van der Waals surface area contributed by atoms with Crippen LogP contribution in [0.1, 0.15) is 31.4 Å². The summed E-state index contributed by atoms with van der Waals surface area (Å²) in [5, 5.41) is 0. The summed E-state index contributed by atoms with van der Waals surface area (Å²) in [6.07, 6.45) is 1.70. The number of hydrogen-bond acceptors (Lipinski definition) is 4. The summed E-state index contributed by atoms with van der Waals surface area (Å²) in [7, 11) is -3.59. The lowest BCUT2D eigenvalue weighted by Crippen LogP contribution is -2.53. The van der Waals surface area contributed by atoms with Crippen molar-refractivity contribution in [3.05, 3.63) is 35.9 Å². The quantitative estimate of drug-likeness (QED) is 0.831. The van der Waals surface area contributed by atoms with E-state index in [-0.39, 0.29) is 25.2 Å². The van der Waals surface area contributed by atoms with Gasteiger partial charge in [-0.15, -0.1) is 0 Å². The van der Waals surface area contributed by atoms with Crippen LogP contribution in [-0.2, 0) is 14.9 Å². The minimum atomic E-state index is -3.59. The van der Waals surface area contributed by atoms with Gasteiger partial charge in [0.25, 0.3) is 10.2 Å². The monoisotopic (exact) mass is 367 g/mol. The summed E-state index contributed by atoms with van der Waals surface area (Å²) < 4.78 is 34.8. The van der Waals surface area contributed by atoms with Gasteiger partial charge >= 0.3 is 6.09 Å². The van der Waals surface area contributed by atoms with Crippen LogP contribution in [0.3, 0.4) is 0 Å². The standard InChI is InChI=1S/C17H25N3O4S/c1-2-24-17(21)19-10-12-20(13-11-19)25(22,23)18-16(15-8-9-15)14-6-4-3-5-7-14/h3-7,15-16,18H,2,8-13H2,1H3. The van der Waals surface area contributed by atoms with Crippen molar-refractivity contribution in [2.24, 2.45) is 5.92 Å². The predicted molar refractivity (Wildman–Crippen MR) is 94.1 cm³/mol. The van der Waals surface area contributed by atoms with Gasteiger partial charge in [-0.2, -0.15) is 17.4 Å². The normalized spacial score (nSPS) is 20.3. The third-order valence-corrected chi connectivity index (χ3v) is 6.23. The van der Waals surface area contributed by atoms with Crippen LogP contribution in [0, 0.1) is 5.92 Å². The molecule has 1 heterocycles. The second kappa shape index (κ2) is 7.72. The van der Waals surface area contributed by atoms with Gasteiger partial charge in [0.15, 0.2) is 0 Å². The maximum atomic E-state index is 12.8. The van der Waals surface area contributed by atoms with Crippen molar-refractivity contribution >= 4 is 16.3 Å². The number of nitrogens with zero attached hydrogens (tertiary/aromatic N) is 2. The van der Waals surface area contributed by atoms with Gasteiger partial charge in [-0.05, 0) is 31.2 Å². The molecular formula is C17H25N3O4S. The van der Waals surface area contributed by atoms with Gasteiger partial charge in [-0.25, -0.2) is 4.79 Å². The van der Waals surface area contributed by atoms with E-state index in [1.165, 1.54) is 4.31 Å². The number of carbonyl (C=O) groups is 1. The van der Waals surface area contributed by atoms with E-state index in [1.54, 1.807) is 11.8 Å². The van der Waals surface area contributed by atoms with Gasteiger partial charge in [-0.3, -0.25) is 0 Å². The van der Waals surface area contributed by atoms with E-state index < -0.39 is 10.2 Å². The molecule has 1 atom stereocenters. The van der Waals surface area contributed by atoms with Gasteiger partial charge < -0.3 is 9.64 Å². The van der Waals surface area contributed by atoms with E-state index in [9.17, 15) is 13.2 Å². The lowest BCUT2D eigenvalue weighted by Gasteiger charge is -2.34. The minimum absolute atomic E-state index is 0.186. The number of piperazine rings is 1. The molecule has 1 aromatic rings. The summed E-state index contributed by atoms with van der Waals surface area (Å²) in [6, 6.07) is 9.52. The SMILES string of the molecule is CCOC(=O)N1CCN(S(=O)(=O)NC(c2ccccc2)C2CC2)CC1. The molecule has 0 spiro atoms. The second-order valence-corrected chi connectivity index (χ2v) is 8.14. The topological polar surface area (TPSA) is 79.0 Å². The van der Waals surface area contributed by atoms with Crippen molar-refractivity contribution in [3.8, 4) is 0 Å². The van der Waals surface area contributed by atoms with Gasteiger partial charge in [0.1, 0.15) is 0 Å². The first kappa shape index (κ1) is 18.2. The highest BCUT2D eigenvalue weighted by atomic mass is 32.2. The molecule has 1 unspecified atom stereocenters. The van der Waals surface area contributed by atoms with Crippen molar-refractivity contribution in [1.29, 1.82) is 0 Å². The van der Waals surface area contributed by atoms with Gasteiger partial charge in [0.05, 0.1) is 12.6 Å². The molecule has 1 amide bonds. The third-order valence-electron chi connectivity index (χ3n) is 4.63. The van der Waals surface area contributed by atoms with Gasteiger partial charge in [-0.1, -0.05) is 30.3 Å². The fourth-order valence-electron chi connectivity index (χ4n) is 3.09. The Hall–Kier alpha value is -1.64. The lowest BCUT2D eigenvalue weighted by atomic mass is 10.0. The molecule has 0 radical (unpaired) electrons. The van der Waals surface area contributed by atoms with E-state index >= 15 is 0 Å². The van der Waals surface area contributed by atoms with Crippen LogP contribution < -0.4 is 4.72 Å². The average molecular weight is 367 g/mol. The number of ether oxygens (including phenoxy) is 1. The van der Waals surface area contributed by atoms with Crippen molar-refractivity contribution in [1.82, 2.24) is 13.9 Å². The van der Waals surface area contributed by atoms with E-state index in [0.29, 0.717) is 25.6 Å². The van der Waals surface area contributed by atoms with Crippen molar-refractivity contribution in [2.75, 3.05) is 32.8 Å². The Bertz CT molecular complexity index is 683. The molecule has 3 rings (SSSR count). The number of rotatable bonds is 6. The molecule has 0 bridgehead atoms. The Morgan fingerprint density at radius 2 is 1.84 bits per heavy atom. The first-order chi connectivity index (χ1) is 12.0. The Balaban J connectivity index is 1.63. The van der Waals surface area contributed by atoms with E-state index in [4.69, 9.17) is 4.74 Å². The van der Waals surface area contributed by atoms with Crippen LogP contribution in [0.4, 0.5) is 4.79 Å². The molecule has 1 N–H and O–H groups in total. The lowest BCUT2D eigenvalue weighted by molar-refractivity contribution is 0.0931. The molecule has 2 aliphatic rings. The Kier molecular flexibility index (Phi) is 5.61. The molecule has 1 aliphatic heterocycles. The zero-order chi connectivity index (χ0) is 17.9. The Morgan fingerprint density at radius 3 is 2.40 bits per heavy atom. The smallest absolute Gasteiger partial charge is 0.409 e. The summed E-state index contributed by atoms with van der Waals surface area (Å²) >= 11 is 0. The fraction of sp³-hybridized carbons (Fsp3) is 0.588. The molecule has 1 saturated carbocycles. The van der Waals surface area contributed by atoms with Crippen LogP contribution in [0.25, 0.3) is 0 Å². The van der Waals surface area contributed by atoms with Crippen molar-refractivity contribution in [2.45, 2.75) is 25.8 Å². The maximum absolute atomic E-state index is 12.8. The summed E-state index contributed by atoms with van der Waals surface area (Å²) in [5.74, 6) is 0.359. The van der Waals surface area contributed by atoms with Crippen LogP contribution in [0.5, 0.6) is 0 Å². The molecule has 7 nitrogen and oxygen atoms in total. The molecule has 1 aliphatic carbocycles. The molecule has 1 aromatic carbocycles. The molecule has 2 fully saturated rings. The average Bonchev–Trinajstić information content (AvgIpc) is 3.46. The number of amides is 1. The van der Waals surface area contributed by atoms with E-state index in [2.05, 4.69) is 4.72 Å². The zero-order valence-corrected chi connectivity index (χ0v) is 15.2. The third kappa shape index (κ3) is 4.50. The van der Waals surface area contributed by atoms with Crippen LogP contribution in [0.2, 0.25) is 0 Å². The van der Waals surface area contributed by atoms with Crippen LogP contribution in [-0.4, -0.2) is 56.5 Å². The fourth-order valence-corrected chi connectivity index (χ4v) is 4.53. The Labute approximate surface area is 149 Å². The number of benzene rings is 1. The minimum Gasteiger partial charge on any atom is -0.450 e. The van der Waals surface area contributed by atoms with Gasteiger partial charge in [0.2, 0.25) is 0 Å². The number of hydrogen-bond donors (Lipinski definition) is 1. The second-order valence-electron chi connectivity index (χ2n) is 6.43. The number of nitrogens with one attached hydrogen (secondary N) is 1. The van der Waals surface area contributed by atoms with Crippen LogP contribution >= 0.6 is 0 Å². The highest BCUT2D eigenvalue weighted by Crippen LogP contribution is 2.41. The van der Waals surface area contributed by atoms with Crippen molar-refractivity contribution < 1.29 is 17.9 Å². The highest BCUT2D eigenvalue weighted by Gasteiger charge is 2.37.